The zero-order valence-corrected chi connectivity index (χ0v) is 6.28. The molecule has 0 aromatic carbocycles. The second kappa shape index (κ2) is 1.51. The molecule has 1 N–H and O–H groups in total. The van der Waals surface area contributed by atoms with Crippen LogP contribution in [0.2, 0.25) is 0 Å². The third kappa shape index (κ3) is 0.586. The van der Waals surface area contributed by atoms with Crippen molar-refractivity contribution in [3.05, 3.63) is 0 Å². The Hall–Kier alpha value is -0.0400. The van der Waals surface area contributed by atoms with Gasteiger partial charge in [0, 0.05) is 5.54 Å². The summed E-state index contributed by atoms with van der Waals surface area (Å²) in [5.74, 6) is 1.88. The number of rotatable bonds is 1. The summed E-state index contributed by atoms with van der Waals surface area (Å²) in [6.45, 7) is 5.95. The minimum absolute atomic E-state index is 0.588. The van der Waals surface area contributed by atoms with Gasteiger partial charge in [0.2, 0.25) is 0 Å². The molecule has 1 nitrogen and oxygen atoms in total. The van der Waals surface area contributed by atoms with E-state index in [1.165, 1.54) is 19.4 Å². The first-order valence-electron chi connectivity index (χ1n) is 3.98. The smallest absolute Gasteiger partial charge is 0.0210 e. The van der Waals surface area contributed by atoms with Gasteiger partial charge in [-0.2, -0.15) is 0 Å². The first-order valence-corrected chi connectivity index (χ1v) is 3.98. The standard InChI is InChI=1S/C8H15N/c1-6(2)8-3-7(4-8)5-9-8/h6-7,9H,3-5H2,1-2H3. The molecule has 52 valence electrons. The van der Waals surface area contributed by atoms with Crippen molar-refractivity contribution in [3.63, 3.8) is 0 Å². The van der Waals surface area contributed by atoms with Crippen LogP contribution in [0.3, 0.4) is 0 Å². The number of nitrogens with one attached hydrogen (secondary N) is 1. The van der Waals surface area contributed by atoms with Crippen LogP contribution in [0, 0.1) is 11.8 Å². The van der Waals surface area contributed by atoms with E-state index in [-0.39, 0.29) is 0 Å². The van der Waals surface area contributed by atoms with Crippen molar-refractivity contribution in [1.29, 1.82) is 0 Å². The van der Waals surface area contributed by atoms with Crippen molar-refractivity contribution in [1.82, 2.24) is 5.32 Å². The van der Waals surface area contributed by atoms with Gasteiger partial charge in [0.25, 0.3) is 0 Å². The van der Waals surface area contributed by atoms with Crippen LogP contribution in [-0.4, -0.2) is 12.1 Å². The maximum absolute atomic E-state index is 3.61. The maximum atomic E-state index is 3.61. The van der Waals surface area contributed by atoms with Crippen LogP contribution in [0.25, 0.3) is 0 Å². The molecule has 0 spiro atoms. The highest BCUT2D eigenvalue weighted by molar-refractivity contribution is 5.09. The van der Waals surface area contributed by atoms with Crippen LogP contribution in [0.5, 0.6) is 0 Å². The van der Waals surface area contributed by atoms with Crippen molar-refractivity contribution in [2.45, 2.75) is 32.2 Å². The molecule has 3 fully saturated rings. The molecular formula is C8H15N. The molecule has 2 bridgehead atoms. The SMILES string of the molecule is CC(C)C12CC(CN1)C2. The summed E-state index contributed by atoms with van der Waals surface area (Å²) in [5.41, 5.74) is 0.588. The van der Waals surface area contributed by atoms with E-state index < -0.39 is 0 Å². The number of hydrogen-bond acceptors (Lipinski definition) is 1. The summed E-state index contributed by atoms with van der Waals surface area (Å²) >= 11 is 0. The predicted octanol–water partition coefficient (Wildman–Crippen LogP) is 1.39. The molecule has 0 amide bonds. The molecule has 2 aliphatic heterocycles. The van der Waals surface area contributed by atoms with Gasteiger partial charge < -0.3 is 5.32 Å². The van der Waals surface area contributed by atoms with E-state index in [1.807, 2.05) is 0 Å². The number of hydrogen-bond donors (Lipinski definition) is 1. The van der Waals surface area contributed by atoms with Crippen LogP contribution < -0.4 is 5.32 Å². The average Bonchev–Trinajstić information content (AvgIpc) is 2.13. The quantitative estimate of drug-likeness (QED) is 0.558. The van der Waals surface area contributed by atoms with E-state index >= 15 is 0 Å². The Morgan fingerprint density at radius 3 is 2.33 bits per heavy atom. The Labute approximate surface area is 56.8 Å². The van der Waals surface area contributed by atoms with Gasteiger partial charge in [-0.3, -0.25) is 0 Å². The second-order valence-corrected chi connectivity index (χ2v) is 3.97. The van der Waals surface area contributed by atoms with Gasteiger partial charge in [-0.15, -0.1) is 0 Å². The summed E-state index contributed by atoms with van der Waals surface area (Å²) in [6, 6.07) is 0. The molecule has 1 heteroatoms. The van der Waals surface area contributed by atoms with Gasteiger partial charge in [-0.25, -0.2) is 0 Å². The Morgan fingerprint density at radius 2 is 2.11 bits per heavy atom. The molecule has 0 aromatic heterocycles. The van der Waals surface area contributed by atoms with Gasteiger partial charge in [-0.1, -0.05) is 13.8 Å². The largest absolute Gasteiger partial charge is 0.311 e. The minimum atomic E-state index is 0.588. The third-order valence-electron chi connectivity index (χ3n) is 3.15. The first kappa shape index (κ1) is 5.72. The van der Waals surface area contributed by atoms with Gasteiger partial charge in [0.1, 0.15) is 0 Å². The van der Waals surface area contributed by atoms with Gasteiger partial charge in [0.05, 0.1) is 0 Å². The molecule has 0 unspecified atom stereocenters. The second-order valence-electron chi connectivity index (χ2n) is 3.97. The van der Waals surface area contributed by atoms with Crippen LogP contribution >= 0.6 is 0 Å². The van der Waals surface area contributed by atoms with Gasteiger partial charge in [-0.05, 0) is 31.2 Å². The van der Waals surface area contributed by atoms with E-state index in [9.17, 15) is 0 Å². The molecular weight excluding hydrogens is 110 g/mol. The van der Waals surface area contributed by atoms with Crippen molar-refractivity contribution >= 4 is 0 Å². The van der Waals surface area contributed by atoms with E-state index in [2.05, 4.69) is 19.2 Å². The molecule has 1 saturated carbocycles. The predicted molar refractivity (Wildman–Crippen MR) is 38.3 cm³/mol. The van der Waals surface area contributed by atoms with Crippen molar-refractivity contribution in [3.8, 4) is 0 Å². The highest BCUT2D eigenvalue weighted by Crippen LogP contribution is 2.47. The van der Waals surface area contributed by atoms with Crippen LogP contribution in [-0.2, 0) is 0 Å². The topological polar surface area (TPSA) is 12.0 Å². The van der Waals surface area contributed by atoms with Gasteiger partial charge in [0.15, 0.2) is 0 Å². The Balaban J connectivity index is 2.10. The Bertz CT molecular complexity index is 117. The fourth-order valence-corrected chi connectivity index (χ4v) is 2.28. The highest BCUT2D eigenvalue weighted by Gasteiger charge is 2.51. The van der Waals surface area contributed by atoms with E-state index in [0.29, 0.717) is 5.54 Å². The maximum Gasteiger partial charge on any atom is 0.0210 e. The lowest BCUT2D eigenvalue weighted by Gasteiger charge is -2.41. The molecule has 0 aromatic rings. The van der Waals surface area contributed by atoms with Gasteiger partial charge >= 0.3 is 0 Å². The van der Waals surface area contributed by atoms with Crippen molar-refractivity contribution in [2.75, 3.05) is 6.54 Å². The highest BCUT2D eigenvalue weighted by atomic mass is 15.1. The summed E-state index contributed by atoms with van der Waals surface area (Å²) in [5, 5.41) is 3.61. The molecule has 2 heterocycles. The van der Waals surface area contributed by atoms with Crippen LogP contribution in [0.15, 0.2) is 0 Å². The normalized spacial score (nSPS) is 47.7. The molecule has 2 saturated heterocycles. The fourth-order valence-electron chi connectivity index (χ4n) is 2.28. The monoisotopic (exact) mass is 125 g/mol. The van der Waals surface area contributed by atoms with Crippen LogP contribution in [0.1, 0.15) is 26.7 Å². The fraction of sp³-hybridized carbons (Fsp3) is 1.00. The first-order chi connectivity index (χ1) is 4.23. The van der Waals surface area contributed by atoms with Crippen LogP contribution in [0.4, 0.5) is 0 Å². The molecule has 0 atom stereocenters. The number of fused-ring (bicyclic) bond motifs is 1. The average molecular weight is 125 g/mol. The lowest BCUT2D eigenvalue weighted by molar-refractivity contribution is 0.160. The molecule has 0 radical (unpaired) electrons. The molecule has 3 rings (SSSR count). The Kier molecular flexibility index (Phi) is 0.963. The molecule has 3 aliphatic rings. The summed E-state index contributed by atoms with van der Waals surface area (Å²) in [7, 11) is 0. The summed E-state index contributed by atoms with van der Waals surface area (Å²) < 4.78 is 0. The zero-order valence-electron chi connectivity index (χ0n) is 6.28. The van der Waals surface area contributed by atoms with E-state index in [4.69, 9.17) is 0 Å². The minimum Gasteiger partial charge on any atom is -0.311 e. The third-order valence-corrected chi connectivity index (χ3v) is 3.15. The summed E-state index contributed by atoms with van der Waals surface area (Å²) in [4.78, 5) is 0. The van der Waals surface area contributed by atoms with E-state index in [0.717, 1.165) is 11.8 Å². The Morgan fingerprint density at radius 1 is 1.44 bits per heavy atom. The van der Waals surface area contributed by atoms with Crippen molar-refractivity contribution < 1.29 is 0 Å². The lowest BCUT2D eigenvalue weighted by atomic mass is 9.67. The molecule has 9 heavy (non-hydrogen) atoms. The summed E-state index contributed by atoms with van der Waals surface area (Å²) in [6.07, 6.45) is 2.90. The lowest BCUT2D eigenvalue weighted by Crippen LogP contribution is -2.47. The zero-order chi connectivity index (χ0) is 6.48. The molecule has 1 aliphatic carbocycles. The van der Waals surface area contributed by atoms with Crippen molar-refractivity contribution in [2.24, 2.45) is 11.8 Å². The van der Waals surface area contributed by atoms with E-state index in [1.54, 1.807) is 0 Å².